The van der Waals surface area contributed by atoms with Crippen LogP contribution in [0.25, 0.3) is 0 Å². The molecular weight excluding hydrogens is 154 g/mol. The van der Waals surface area contributed by atoms with Crippen molar-refractivity contribution in [1.29, 1.82) is 0 Å². The third-order valence-corrected chi connectivity index (χ3v) is 1.31. The zero-order valence-corrected chi connectivity index (χ0v) is 8.34. The van der Waals surface area contributed by atoms with Crippen LogP contribution in [0.5, 0.6) is 0 Å². The van der Waals surface area contributed by atoms with Crippen molar-refractivity contribution in [3.63, 3.8) is 0 Å². The lowest BCUT2D eigenvalue weighted by Gasteiger charge is -2.08. The van der Waals surface area contributed by atoms with Gasteiger partial charge < -0.3 is 15.2 Å². The van der Waals surface area contributed by atoms with Crippen LogP contribution >= 0.6 is 0 Å². The maximum absolute atomic E-state index is 8.89. The average Bonchev–Trinajstić information content (AvgIpc) is 1.95. The second kappa shape index (κ2) is 7.53. The van der Waals surface area contributed by atoms with Gasteiger partial charge in [0.05, 0.1) is 12.7 Å². The molecule has 0 bridgehead atoms. The summed E-state index contributed by atoms with van der Waals surface area (Å²) in [6.45, 7) is 9.03. The molecule has 0 fully saturated rings. The standard InChI is InChI=1S/C9H21NO2/c1-8(2)7-12-5-4-10-6-9(3)11/h8-11H,4-7H2,1-3H3/t9-/m1/s1. The average molecular weight is 175 g/mol. The fourth-order valence-corrected chi connectivity index (χ4v) is 0.774. The summed E-state index contributed by atoms with van der Waals surface area (Å²) in [5.74, 6) is 0.599. The van der Waals surface area contributed by atoms with Crippen LogP contribution in [0, 0.1) is 5.92 Å². The number of nitrogens with one attached hydrogen (secondary N) is 1. The largest absolute Gasteiger partial charge is 0.392 e. The quantitative estimate of drug-likeness (QED) is 0.558. The van der Waals surface area contributed by atoms with Crippen LogP contribution in [-0.2, 0) is 4.74 Å². The maximum atomic E-state index is 8.89. The molecule has 0 saturated heterocycles. The predicted octanol–water partition coefficient (Wildman–Crippen LogP) is 0.629. The molecule has 0 aromatic rings. The van der Waals surface area contributed by atoms with Crippen molar-refractivity contribution >= 4 is 0 Å². The summed E-state index contributed by atoms with van der Waals surface area (Å²) in [6.07, 6.45) is -0.268. The van der Waals surface area contributed by atoms with Gasteiger partial charge in [-0.05, 0) is 12.8 Å². The lowest BCUT2D eigenvalue weighted by Crippen LogP contribution is -2.27. The Morgan fingerprint density at radius 1 is 1.33 bits per heavy atom. The molecule has 0 rings (SSSR count). The number of rotatable bonds is 7. The molecule has 3 heteroatoms. The summed E-state index contributed by atoms with van der Waals surface area (Å²) in [6, 6.07) is 0. The third kappa shape index (κ3) is 9.88. The first-order chi connectivity index (χ1) is 5.63. The van der Waals surface area contributed by atoms with E-state index in [0.717, 1.165) is 19.8 Å². The highest BCUT2D eigenvalue weighted by Gasteiger charge is 1.95. The second-order valence-corrected chi connectivity index (χ2v) is 3.52. The smallest absolute Gasteiger partial charge is 0.0636 e. The van der Waals surface area contributed by atoms with Crippen LogP contribution in [0.4, 0.5) is 0 Å². The summed E-state index contributed by atoms with van der Waals surface area (Å²) < 4.78 is 5.33. The number of hydrogen-bond acceptors (Lipinski definition) is 3. The van der Waals surface area contributed by atoms with E-state index in [0.29, 0.717) is 12.5 Å². The number of ether oxygens (including phenoxy) is 1. The Labute approximate surface area is 75.1 Å². The Bertz CT molecular complexity index is 82.5. The molecule has 0 aromatic heterocycles. The molecule has 0 aliphatic rings. The molecule has 12 heavy (non-hydrogen) atoms. The highest BCUT2D eigenvalue weighted by molar-refractivity contribution is 4.51. The van der Waals surface area contributed by atoms with Crippen molar-refractivity contribution in [3.8, 4) is 0 Å². The van der Waals surface area contributed by atoms with Gasteiger partial charge in [0.15, 0.2) is 0 Å². The lowest BCUT2D eigenvalue weighted by atomic mass is 10.2. The highest BCUT2D eigenvalue weighted by Crippen LogP contribution is 1.90. The van der Waals surface area contributed by atoms with Gasteiger partial charge in [0.2, 0.25) is 0 Å². The van der Waals surface area contributed by atoms with Crippen molar-refractivity contribution in [2.45, 2.75) is 26.9 Å². The van der Waals surface area contributed by atoms with E-state index >= 15 is 0 Å². The summed E-state index contributed by atoms with van der Waals surface area (Å²) in [4.78, 5) is 0. The molecule has 0 heterocycles. The van der Waals surface area contributed by atoms with Crippen molar-refractivity contribution in [3.05, 3.63) is 0 Å². The minimum atomic E-state index is -0.268. The van der Waals surface area contributed by atoms with Crippen molar-refractivity contribution in [2.24, 2.45) is 5.92 Å². The van der Waals surface area contributed by atoms with E-state index in [9.17, 15) is 0 Å². The first kappa shape index (κ1) is 11.9. The molecule has 0 radical (unpaired) electrons. The Balaban J connectivity index is 2.91. The van der Waals surface area contributed by atoms with Gasteiger partial charge in [-0.3, -0.25) is 0 Å². The van der Waals surface area contributed by atoms with Gasteiger partial charge in [-0.25, -0.2) is 0 Å². The second-order valence-electron chi connectivity index (χ2n) is 3.52. The van der Waals surface area contributed by atoms with Crippen molar-refractivity contribution in [1.82, 2.24) is 5.32 Å². The van der Waals surface area contributed by atoms with Crippen LogP contribution in [0.2, 0.25) is 0 Å². The van der Waals surface area contributed by atoms with Gasteiger partial charge >= 0.3 is 0 Å². The van der Waals surface area contributed by atoms with Crippen molar-refractivity contribution < 1.29 is 9.84 Å². The van der Waals surface area contributed by atoms with E-state index in [1.54, 1.807) is 6.92 Å². The maximum Gasteiger partial charge on any atom is 0.0636 e. The third-order valence-electron chi connectivity index (χ3n) is 1.31. The first-order valence-corrected chi connectivity index (χ1v) is 4.59. The Hall–Kier alpha value is -0.120. The van der Waals surface area contributed by atoms with Gasteiger partial charge in [0.1, 0.15) is 0 Å². The predicted molar refractivity (Wildman–Crippen MR) is 50.2 cm³/mol. The Kier molecular flexibility index (Phi) is 7.45. The summed E-state index contributed by atoms with van der Waals surface area (Å²) in [7, 11) is 0. The fourth-order valence-electron chi connectivity index (χ4n) is 0.774. The molecule has 0 saturated carbocycles. The van der Waals surface area contributed by atoms with Crippen molar-refractivity contribution in [2.75, 3.05) is 26.3 Å². The van der Waals surface area contributed by atoms with Crippen LogP contribution in [0.1, 0.15) is 20.8 Å². The molecule has 2 N–H and O–H groups in total. The molecule has 3 nitrogen and oxygen atoms in total. The van der Waals surface area contributed by atoms with Crippen LogP contribution in [0.3, 0.4) is 0 Å². The van der Waals surface area contributed by atoms with E-state index in [-0.39, 0.29) is 6.10 Å². The van der Waals surface area contributed by atoms with Gasteiger partial charge in [-0.1, -0.05) is 13.8 Å². The zero-order valence-electron chi connectivity index (χ0n) is 8.34. The van der Waals surface area contributed by atoms with Gasteiger partial charge in [-0.15, -0.1) is 0 Å². The van der Waals surface area contributed by atoms with E-state index in [1.165, 1.54) is 0 Å². The molecule has 0 aliphatic carbocycles. The lowest BCUT2D eigenvalue weighted by molar-refractivity contribution is 0.108. The van der Waals surface area contributed by atoms with Gasteiger partial charge in [-0.2, -0.15) is 0 Å². The Morgan fingerprint density at radius 3 is 2.50 bits per heavy atom. The van der Waals surface area contributed by atoms with Gasteiger partial charge in [0, 0.05) is 19.7 Å². The van der Waals surface area contributed by atoms with Crippen LogP contribution in [0.15, 0.2) is 0 Å². The number of aliphatic hydroxyl groups is 1. The molecule has 0 spiro atoms. The first-order valence-electron chi connectivity index (χ1n) is 4.59. The minimum Gasteiger partial charge on any atom is -0.392 e. The van der Waals surface area contributed by atoms with Crippen LogP contribution < -0.4 is 5.32 Å². The molecular formula is C9H21NO2. The molecule has 74 valence electrons. The monoisotopic (exact) mass is 175 g/mol. The summed E-state index contributed by atoms with van der Waals surface area (Å²) in [5, 5.41) is 12.0. The van der Waals surface area contributed by atoms with Gasteiger partial charge in [0.25, 0.3) is 0 Å². The SMILES string of the molecule is CC(C)COCCNC[C@@H](C)O. The van der Waals surface area contributed by atoms with E-state index in [1.807, 2.05) is 0 Å². The molecule has 0 aliphatic heterocycles. The zero-order chi connectivity index (χ0) is 9.40. The topological polar surface area (TPSA) is 41.5 Å². The number of aliphatic hydroxyl groups excluding tert-OH is 1. The van der Waals surface area contributed by atoms with E-state index in [2.05, 4.69) is 19.2 Å². The molecule has 0 unspecified atom stereocenters. The van der Waals surface area contributed by atoms with Crippen LogP contribution in [-0.4, -0.2) is 37.5 Å². The molecule has 0 aromatic carbocycles. The van der Waals surface area contributed by atoms with E-state index < -0.39 is 0 Å². The Morgan fingerprint density at radius 2 is 2.00 bits per heavy atom. The normalized spacial score (nSPS) is 13.8. The minimum absolute atomic E-state index is 0.268. The fraction of sp³-hybridized carbons (Fsp3) is 1.00. The van der Waals surface area contributed by atoms with E-state index in [4.69, 9.17) is 9.84 Å². The summed E-state index contributed by atoms with van der Waals surface area (Å²) >= 11 is 0. The molecule has 0 amide bonds. The number of hydrogen-bond donors (Lipinski definition) is 2. The highest BCUT2D eigenvalue weighted by atomic mass is 16.5. The summed E-state index contributed by atoms with van der Waals surface area (Å²) in [5.41, 5.74) is 0. The molecule has 1 atom stereocenters.